The molecule has 2 heteroatoms. The van der Waals surface area contributed by atoms with Crippen LogP contribution in [0.25, 0.3) is 0 Å². The molecule has 0 saturated carbocycles. The lowest BCUT2D eigenvalue weighted by Crippen LogP contribution is -2.33. The molecule has 0 spiro atoms. The van der Waals surface area contributed by atoms with E-state index in [9.17, 15) is 0 Å². The van der Waals surface area contributed by atoms with Crippen LogP contribution in [0, 0.1) is 6.92 Å². The summed E-state index contributed by atoms with van der Waals surface area (Å²) in [6, 6.07) is 10.1. The van der Waals surface area contributed by atoms with E-state index >= 15 is 0 Å². The van der Waals surface area contributed by atoms with Gasteiger partial charge in [-0.15, -0.1) is 0 Å². The molecule has 3 atom stereocenters. The average Bonchev–Trinajstić information content (AvgIpc) is 2.42. The molecule has 0 aliphatic carbocycles. The van der Waals surface area contributed by atoms with Gasteiger partial charge in [0.05, 0.1) is 0 Å². The van der Waals surface area contributed by atoms with Crippen molar-refractivity contribution < 1.29 is 0 Å². The molecule has 1 aromatic carbocycles. The number of benzene rings is 1. The Kier molecular flexibility index (Phi) is 3.93. The van der Waals surface area contributed by atoms with Gasteiger partial charge in [0.1, 0.15) is 0 Å². The third-order valence-corrected chi connectivity index (χ3v) is 4.57. The number of hydrogen-bond donors (Lipinski definition) is 1. The third-order valence-electron chi connectivity index (χ3n) is 3.30. The highest BCUT2D eigenvalue weighted by molar-refractivity contribution is 7.99. The van der Waals surface area contributed by atoms with E-state index < -0.39 is 0 Å². The zero-order chi connectivity index (χ0) is 11.5. The summed E-state index contributed by atoms with van der Waals surface area (Å²) < 4.78 is 0. The first-order valence-electron chi connectivity index (χ1n) is 6.11. The molecule has 1 nitrogen and oxygen atoms in total. The molecule has 2 rings (SSSR count). The van der Waals surface area contributed by atoms with Gasteiger partial charge in [0.25, 0.3) is 0 Å². The van der Waals surface area contributed by atoms with Gasteiger partial charge in [0.15, 0.2) is 0 Å². The fourth-order valence-electron chi connectivity index (χ4n) is 2.19. The van der Waals surface area contributed by atoms with Gasteiger partial charge in [-0.1, -0.05) is 36.8 Å². The normalized spacial score (nSPS) is 31.1. The number of nitrogens with one attached hydrogen (secondary N) is 1. The van der Waals surface area contributed by atoms with Gasteiger partial charge in [0, 0.05) is 17.3 Å². The molecule has 0 radical (unpaired) electrons. The van der Waals surface area contributed by atoms with Crippen molar-refractivity contribution in [1.82, 2.24) is 5.32 Å². The quantitative estimate of drug-likeness (QED) is 0.799. The SMILES string of the molecule is Cc1ccc(C2NC(C)CCSC2C)cc1. The van der Waals surface area contributed by atoms with Crippen LogP contribution >= 0.6 is 11.8 Å². The highest BCUT2D eigenvalue weighted by atomic mass is 32.2. The van der Waals surface area contributed by atoms with Crippen molar-refractivity contribution in [1.29, 1.82) is 0 Å². The third kappa shape index (κ3) is 2.80. The van der Waals surface area contributed by atoms with Crippen LogP contribution in [0.3, 0.4) is 0 Å². The Morgan fingerprint density at radius 1 is 1.19 bits per heavy atom. The highest BCUT2D eigenvalue weighted by Gasteiger charge is 2.24. The molecule has 1 aliphatic heterocycles. The number of thioether (sulfide) groups is 1. The zero-order valence-corrected chi connectivity index (χ0v) is 11.2. The summed E-state index contributed by atoms with van der Waals surface area (Å²) >= 11 is 2.09. The summed E-state index contributed by atoms with van der Waals surface area (Å²) in [5, 5.41) is 4.40. The maximum Gasteiger partial charge on any atom is 0.0439 e. The summed E-state index contributed by atoms with van der Waals surface area (Å²) in [6.07, 6.45) is 1.28. The van der Waals surface area contributed by atoms with Gasteiger partial charge in [0.2, 0.25) is 0 Å². The summed E-state index contributed by atoms with van der Waals surface area (Å²) in [5.74, 6) is 1.28. The van der Waals surface area contributed by atoms with Crippen molar-refractivity contribution >= 4 is 11.8 Å². The van der Waals surface area contributed by atoms with E-state index in [1.54, 1.807) is 0 Å². The van der Waals surface area contributed by atoms with E-state index in [2.05, 4.69) is 62.1 Å². The van der Waals surface area contributed by atoms with E-state index in [-0.39, 0.29) is 0 Å². The van der Waals surface area contributed by atoms with Gasteiger partial charge >= 0.3 is 0 Å². The van der Waals surface area contributed by atoms with Crippen LogP contribution in [0.4, 0.5) is 0 Å². The fraction of sp³-hybridized carbons (Fsp3) is 0.571. The van der Waals surface area contributed by atoms with Crippen molar-refractivity contribution in [3.8, 4) is 0 Å². The molecule has 0 bridgehead atoms. The highest BCUT2D eigenvalue weighted by Crippen LogP contribution is 2.30. The lowest BCUT2D eigenvalue weighted by molar-refractivity contribution is 0.456. The number of aryl methyl sites for hydroxylation is 1. The number of rotatable bonds is 1. The van der Waals surface area contributed by atoms with Crippen LogP contribution in [-0.2, 0) is 0 Å². The molecule has 16 heavy (non-hydrogen) atoms. The van der Waals surface area contributed by atoms with Crippen molar-refractivity contribution in [2.24, 2.45) is 0 Å². The van der Waals surface area contributed by atoms with Crippen molar-refractivity contribution in [3.05, 3.63) is 35.4 Å². The Labute approximate surface area is 103 Å². The topological polar surface area (TPSA) is 12.0 Å². The molecule has 1 heterocycles. The first kappa shape index (κ1) is 12.0. The second kappa shape index (κ2) is 5.24. The number of hydrogen-bond acceptors (Lipinski definition) is 2. The average molecular weight is 235 g/mol. The van der Waals surface area contributed by atoms with Gasteiger partial charge in [-0.05, 0) is 31.6 Å². The lowest BCUT2D eigenvalue weighted by Gasteiger charge is -2.24. The molecule has 1 saturated heterocycles. The first-order chi connectivity index (χ1) is 7.66. The van der Waals surface area contributed by atoms with Crippen molar-refractivity contribution in [3.63, 3.8) is 0 Å². The molecule has 0 amide bonds. The summed E-state index contributed by atoms with van der Waals surface area (Å²) in [6.45, 7) is 6.77. The van der Waals surface area contributed by atoms with Crippen LogP contribution in [0.2, 0.25) is 0 Å². The monoisotopic (exact) mass is 235 g/mol. The smallest absolute Gasteiger partial charge is 0.0439 e. The second-order valence-corrected chi connectivity index (χ2v) is 6.31. The molecule has 1 fully saturated rings. The predicted molar refractivity (Wildman–Crippen MR) is 73.1 cm³/mol. The molecule has 1 N–H and O–H groups in total. The fourth-order valence-corrected chi connectivity index (χ4v) is 3.48. The lowest BCUT2D eigenvalue weighted by atomic mass is 10.0. The largest absolute Gasteiger partial charge is 0.306 e. The van der Waals surface area contributed by atoms with Gasteiger partial charge in [-0.25, -0.2) is 0 Å². The Morgan fingerprint density at radius 3 is 2.56 bits per heavy atom. The minimum atomic E-state index is 0.503. The molecule has 0 aromatic heterocycles. The standard InChI is InChI=1S/C14H21NS/c1-10-4-6-13(7-5-10)14-12(3)16-9-8-11(2)15-14/h4-7,11-12,14-15H,8-9H2,1-3H3. The maximum atomic E-state index is 3.74. The van der Waals surface area contributed by atoms with Gasteiger partial charge < -0.3 is 5.32 Å². The van der Waals surface area contributed by atoms with Crippen molar-refractivity contribution in [2.75, 3.05) is 5.75 Å². The minimum absolute atomic E-state index is 0.503. The van der Waals surface area contributed by atoms with E-state index in [4.69, 9.17) is 0 Å². The molecular formula is C14H21NS. The Morgan fingerprint density at radius 2 is 1.88 bits per heavy atom. The Hall–Kier alpha value is -0.470. The first-order valence-corrected chi connectivity index (χ1v) is 7.16. The second-order valence-electron chi connectivity index (χ2n) is 4.82. The van der Waals surface area contributed by atoms with Crippen molar-refractivity contribution in [2.45, 2.75) is 44.5 Å². The summed E-state index contributed by atoms with van der Waals surface area (Å²) in [7, 11) is 0. The summed E-state index contributed by atoms with van der Waals surface area (Å²) in [4.78, 5) is 0. The Balaban J connectivity index is 2.19. The van der Waals surface area contributed by atoms with Gasteiger partial charge in [-0.3, -0.25) is 0 Å². The Bertz CT molecular complexity index is 333. The maximum absolute atomic E-state index is 3.74. The molecular weight excluding hydrogens is 214 g/mol. The van der Waals surface area contributed by atoms with Crippen LogP contribution in [-0.4, -0.2) is 17.0 Å². The summed E-state index contributed by atoms with van der Waals surface area (Å²) in [5.41, 5.74) is 2.77. The zero-order valence-electron chi connectivity index (χ0n) is 10.4. The van der Waals surface area contributed by atoms with Crippen LogP contribution in [0.5, 0.6) is 0 Å². The predicted octanol–water partition coefficient (Wildman–Crippen LogP) is 3.54. The van der Waals surface area contributed by atoms with E-state index in [0.29, 0.717) is 17.3 Å². The van der Waals surface area contributed by atoms with Crippen LogP contribution in [0.15, 0.2) is 24.3 Å². The molecule has 1 aromatic rings. The molecule has 3 unspecified atom stereocenters. The van der Waals surface area contributed by atoms with Gasteiger partial charge in [-0.2, -0.15) is 11.8 Å². The minimum Gasteiger partial charge on any atom is -0.306 e. The molecule has 88 valence electrons. The molecule has 1 aliphatic rings. The van der Waals surface area contributed by atoms with E-state index in [0.717, 1.165) is 0 Å². The van der Waals surface area contributed by atoms with Crippen LogP contribution in [0.1, 0.15) is 37.4 Å². The van der Waals surface area contributed by atoms with Crippen LogP contribution < -0.4 is 5.32 Å². The van der Waals surface area contributed by atoms with E-state index in [1.807, 2.05) is 0 Å². The van der Waals surface area contributed by atoms with E-state index in [1.165, 1.54) is 23.3 Å².